The highest BCUT2D eigenvalue weighted by molar-refractivity contribution is 9.10. The van der Waals surface area contributed by atoms with Crippen LogP contribution < -0.4 is 9.47 Å². The Hall–Kier alpha value is -2.03. The Bertz CT molecular complexity index is 1330. The zero-order valence-corrected chi connectivity index (χ0v) is 23.5. The molecular weight excluding hydrogens is 589 g/mol. The van der Waals surface area contributed by atoms with Crippen LogP contribution in [0.4, 0.5) is 0 Å². The highest BCUT2D eigenvalue weighted by Crippen LogP contribution is 2.40. The number of hydrogen-bond acceptors (Lipinski definition) is 5. The number of hydrogen-bond donors (Lipinski definition) is 0. The number of halogens is 3. The summed E-state index contributed by atoms with van der Waals surface area (Å²) in [4.78, 5) is 15.2. The lowest BCUT2D eigenvalue weighted by molar-refractivity contribution is -0.122. The van der Waals surface area contributed by atoms with Crippen LogP contribution in [0.3, 0.4) is 0 Å². The van der Waals surface area contributed by atoms with Crippen molar-refractivity contribution in [2.75, 3.05) is 7.11 Å². The predicted octanol–water partition coefficient (Wildman–Crippen LogP) is 8.05. The van der Waals surface area contributed by atoms with Crippen molar-refractivity contribution in [1.82, 2.24) is 4.90 Å². The van der Waals surface area contributed by atoms with Gasteiger partial charge in [-0.05, 0) is 64.3 Å². The standard InChI is InChI=1S/C26H20BrCl2NO3S2/c1-15-3-5-16(6-4-15)13-30-25(31)23(35-26(30)34)11-17-9-20(27)24(22(10-17)32-2)33-14-18-7-8-19(28)12-21(18)29/h3-12H,13-14H2,1-2H3/b23-11-. The molecule has 1 aliphatic rings. The number of carbonyl (C=O) groups excluding carboxylic acids is 1. The van der Waals surface area contributed by atoms with Crippen molar-refractivity contribution in [3.8, 4) is 11.5 Å². The average Bonchev–Trinajstić information content (AvgIpc) is 3.07. The highest BCUT2D eigenvalue weighted by Gasteiger charge is 2.32. The minimum Gasteiger partial charge on any atom is -0.493 e. The molecule has 4 rings (SSSR count). The SMILES string of the molecule is COc1cc(/C=C2\SC(=S)N(Cc3ccc(C)cc3)C2=O)cc(Br)c1OCc1ccc(Cl)cc1Cl. The summed E-state index contributed by atoms with van der Waals surface area (Å²) in [7, 11) is 1.56. The second kappa shape index (κ2) is 11.4. The lowest BCUT2D eigenvalue weighted by atomic mass is 10.1. The molecule has 0 N–H and O–H groups in total. The Morgan fingerprint density at radius 1 is 1.11 bits per heavy atom. The van der Waals surface area contributed by atoms with Crippen LogP contribution in [0.25, 0.3) is 6.08 Å². The second-order valence-corrected chi connectivity index (χ2v) is 11.2. The van der Waals surface area contributed by atoms with Crippen LogP contribution in [-0.2, 0) is 17.9 Å². The fourth-order valence-electron chi connectivity index (χ4n) is 3.42. The largest absolute Gasteiger partial charge is 0.493 e. The van der Waals surface area contributed by atoms with Crippen molar-refractivity contribution in [3.63, 3.8) is 0 Å². The first-order valence-electron chi connectivity index (χ1n) is 10.5. The number of rotatable bonds is 7. The molecule has 1 heterocycles. The van der Waals surface area contributed by atoms with Gasteiger partial charge in [0.05, 0.1) is 23.0 Å². The number of amides is 1. The van der Waals surface area contributed by atoms with Gasteiger partial charge in [0.2, 0.25) is 0 Å². The van der Waals surface area contributed by atoms with E-state index in [4.69, 9.17) is 44.9 Å². The summed E-state index contributed by atoms with van der Waals surface area (Å²) in [6, 6.07) is 17.0. The molecule has 1 saturated heterocycles. The van der Waals surface area contributed by atoms with Gasteiger partial charge in [0.25, 0.3) is 5.91 Å². The minimum absolute atomic E-state index is 0.117. The molecule has 0 aromatic heterocycles. The summed E-state index contributed by atoms with van der Waals surface area (Å²) in [6.07, 6.45) is 1.81. The molecule has 0 spiro atoms. The maximum atomic E-state index is 13.1. The summed E-state index contributed by atoms with van der Waals surface area (Å²) in [5, 5.41) is 1.09. The van der Waals surface area contributed by atoms with Crippen molar-refractivity contribution < 1.29 is 14.3 Å². The Kier molecular flexibility index (Phi) is 8.45. The summed E-state index contributed by atoms with van der Waals surface area (Å²) in [5.41, 5.74) is 3.77. The third kappa shape index (κ3) is 6.22. The fourth-order valence-corrected chi connectivity index (χ4v) is 5.71. The quantitative estimate of drug-likeness (QED) is 0.200. The summed E-state index contributed by atoms with van der Waals surface area (Å²) >= 11 is 22.6. The zero-order chi connectivity index (χ0) is 25.1. The molecule has 0 saturated carbocycles. The molecular formula is C26H20BrCl2NO3S2. The number of carbonyl (C=O) groups is 1. The van der Waals surface area contributed by atoms with Gasteiger partial charge in [-0.1, -0.05) is 83.1 Å². The number of thioether (sulfide) groups is 1. The monoisotopic (exact) mass is 607 g/mol. The first-order chi connectivity index (χ1) is 16.7. The molecule has 0 radical (unpaired) electrons. The van der Waals surface area contributed by atoms with E-state index in [1.54, 1.807) is 24.1 Å². The summed E-state index contributed by atoms with van der Waals surface area (Å²) in [5.74, 6) is 0.932. The van der Waals surface area contributed by atoms with Crippen LogP contribution in [0.2, 0.25) is 10.0 Å². The number of nitrogens with zero attached hydrogens (tertiary/aromatic N) is 1. The van der Waals surface area contributed by atoms with Crippen LogP contribution >= 0.6 is 63.1 Å². The maximum Gasteiger partial charge on any atom is 0.266 e. The molecule has 1 aliphatic heterocycles. The Balaban J connectivity index is 1.53. The summed E-state index contributed by atoms with van der Waals surface area (Å²) in [6.45, 7) is 2.71. The number of aryl methyl sites for hydroxylation is 1. The molecule has 4 nitrogen and oxygen atoms in total. The Labute approximate surface area is 232 Å². The van der Waals surface area contributed by atoms with Gasteiger partial charge in [-0.15, -0.1) is 0 Å². The molecule has 3 aromatic carbocycles. The van der Waals surface area contributed by atoms with Gasteiger partial charge >= 0.3 is 0 Å². The van der Waals surface area contributed by atoms with Crippen molar-refractivity contribution >= 4 is 79.4 Å². The molecule has 1 amide bonds. The average molecular weight is 609 g/mol. The van der Waals surface area contributed by atoms with Crippen LogP contribution in [-0.4, -0.2) is 22.2 Å². The molecule has 0 aliphatic carbocycles. The minimum atomic E-state index is -0.117. The predicted molar refractivity (Wildman–Crippen MR) is 151 cm³/mol. The first kappa shape index (κ1) is 26.0. The fraction of sp³-hybridized carbons (Fsp3) is 0.154. The van der Waals surface area contributed by atoms with Crippen LogP contribution in [0.15, 0.2) is 64.0 Å². The summed E-state index contributed by atoms with van der Waals surface area (Å²) < 4.78 is 12.8. The van der Waals surface area contributed by atoms with Gasteiger partial charge in [-0.3, -0.25) is 9.69 Å². The molecule has 0 unspecified atom stereocenters. The van der Waals surface area contributed by atoms with E-state index in [0.29, 0.717) is 41.8 Å². The van der Waals surface area contributed by atoms with Gasteiger partial charge in [0, 0.05) is 15.6 Å². The van der Waals surface area contributed by atoms with E-state index < -0.39 is 0 Å². The van der Waals surface area contributed by atoms with E-state index in [1.807, 2.05) is 55.5 Å². The van der Waals surface area contributed by atoms with E-state index in [9.17, 15) is 4.79 Å². The van der Waals surface area contributed by atoms with E-state index in [0.717, 1.165) is 16.7 Å². The van der Waals surface area contributed by atoms with Gasteiger partial charge in [-0.2, -0.15) is 0 Å². The van der Waals surface area contributed by atoms with Gasteiger partial charge in [-0.25, -0.2) is 0 Å². The van der Waals surface area contributed by atoms with Crippen LogP contribution in [0, 0.1) is 6.92 Å². The smallest absolute Gasteiger partial charge is 0.266 e. The lowest BCUT2D eigenvalue weighted by Gasteiger charge is -2.15. The number of methoxy groups -OCH3 is 1. The molecule has 0 bridgehead atoms. The Morgan fingerprint density at radius 3 is 2.54 bits per heavy atom. The molecule has 1 fully saturated rings. The van der Waals surface area contributed by atoms with Crippen molar-refractivity contribution in [2.24, 2.45) is 0 Å². The van der Waals surface area contributed by atoms with E-state index in [1.165, 1.54) is 17.3 Å². The normalized spacial score (nSPS) is 14.7. The molecule has 180 valence electrons. The van der Waals surface area contributed by atoms with E-state index >= 15 is 0 Å². The van der Waals surface area contributed by atoms with Crippen molar-refractivity contribution in [3.05, 3.63) is 96.3 Å². The van der Waals surface area contributed by atoms with Crippen LogP contribution in [0.1, 0.15) is 22.3 Å². The third-order valence-corrected chi connectivity index (χ3v) is 7.83. The lowest BCUT2D eigenvalue weighted by Crippen LogP contribution is -2.27. The van der Waals surface area contributed by atoms with Crippen molar-refractivity contribution in [1.29, 1.82) is 0 Å². The maximum absolute atomic E-state index is 13.1. The third-order valence-electron chi connectivity index (χ3n) is 5.27. The molecule has 35 heavy (non-hydrogen) atoms. The van der Waals surface area contributed by atoms with Gasteiger partial charge < -0.3 is 9.47 Å². The molecule has 3 aromatic rings. The first-order valence-corrected chi connectivity index (χ1v) is 13.3. The van der Waals surface area contributed by atoms with Gasteiger partial charge in [0.1, 0.15) is 10.9 Å². The molecule has 9 heteroatoms. The van der Waals surface area contributed by atoms with Crippen molar-refractivity contribution in [2.45, 2.75) is 20.1 Å². The Morgan fingerprint density at radius 2 is 1.86 bits per heavy atom. The highest BCUT2D eigenvalue weighted by atomic mass is 79.9. The number of thiocarbonyl (C=S) groups is 1. The van der Waals surface area contributed by atoms with Crippen LogP contribution in [0.5, 0.6) is 11.5 Å². The number of benzene rings is 3. The van der Waals surface area contributed by atoms with E-state index in [-0.39, 0.29) is 12.5 Å². The topological polar surface area (TPSA) is 38.8 Å². The zero-order valence-electron chi connectivity index (χ0n) is 18.8. The second-order valence-electron chi connectivity index (χ2n) is 7.81. The molecule has 0 atom stereocenters. The van der Waals surface area contributed by atoms with E-state index in [2.05, 4.69) is 15.9 Å². The number of ether oxygens (including phenoxy) is 2. The van der Waals surface area contributed by atoms with Gasteiger partial charge in [0.15, 0.2) is 11.5 Å².